The van der Waals surface area contributed by atoms with E-state index >= 15 is 0 Å². The summed E-state index contributed by atoms with van der Waals surface area (Å²) >= 11 is 0. The van der Waals surface area contributed by atoms with Crippen LogP contribution in [0.1, 0.15) is 15.9 Å². The lowest BCUT2D eigenvalue weighted by Gasteiger charge is -2.12. The monoisotopic (exact) mass is 410 g/mol. The number of halogens is 1. The molecule has 0 radical (unpaired) electrons. The Morgan fingerprint density at radius 1 is 0.742 bits per heavy atom. The van der Waals surface area contributed by atoms with Crippen LogP contribution in [0.15, 0.2) is 103 Å². The minimum atomic E-state index is -0.553. The first-order valence-corrected chi connectivity index (χ1v) is 9.73. The Kier molecular flexibility index (Phi) is 5.85. The first-order valence-electron chi connectivity index (χ1n) is 9.73. The van der Waals surface area contributed by atoms with Crippen LogP contribution in [0, 0.1) is 5.82 Å². The molecule has 4 rings (SSSR count). The van der Waals surface area contributed by atoms with Crippen molar-refractivity contribution in [2.75, 3.05) is 5.32 Å². The van der Waals surface area contributed by atoms with Crippen molar-refractivity contribution in [1.29, 1.82) is 0 Å². The zero-order valence-electron chi connectivity index (χ0n) is 16.5. The molecule has 0 aliphatic carbocycles. The van der Waals surface area contributed by atoms with Crippen molar-refractivity contribution in [1.82, 2.24) is 5.32 Å². The number of anilines is 1. The van der Waals surface area contributed by atoms with Crippen LogP contribution < -0.4 is 10.6 Å². The standard InChI is InChI=1S/C26H19FN2O2/c27-23-13-7-6-12-21(23)17-24(29-25(30)19-9-2-1-3-10-19)26(31)28-22-15-14-18-8-4-5-11-20(18)16-22/h1-17H,(H,28,31)(H,29,30)/b24-17+. The summed E-state index contributed by atoms with van der Waals surface area (Å²) in [5.41, 5.74) is 1.09. The maximum atomic E-state index is 14.2. The lowest BCUT2D eigenvalue weighted by atomic mass is 10.1. The Morgan fingerprint density at radius 2 is 1.42 bits per heavy atom. The number of carbonyl (C=O) groups excluding carboxylic acids is 2. The predicted molar refractivity (Wildman–Crippen MR) is 121 cm³/mol. The summed E-state index contributed by atoms with van der Waals surface area (Å²) < 4.78 is 14.2. The van der Waals surface area contributed by atoms with Crippen LogP contribution in [-0.2, 0) is 4.79 Å². The van der Waals surface area contributed by atoms with Crippen molar-refractivity contribution in [2.45, 2.75) is 0 Å². The Hall–Kier alpha value is -4.25. The van der Waals surface area contributed by atoms with Gasteiger partial charge in [-0.15, -0.1) is 0 Å². The second kappa shape index (κ2) is 9.05. The zero-order chi connectivity index (χ0) is 21.6. The summed E-state index contributed by atoms with van der Waals surface area (Å²) in [6.45, 7) is 0. The molecule has 0 saturated carbocycles. The smallest absolute Gasteiger partial charge is 0.272 e. The fourth-order valence-electron chi connectivity index (χ4n) is 3.16. The van der Waals surface area contributed by atoms with Gasteiger partial charge in [-0.2, -0.15) is 0 Å². The van der Waals surface area contributed by atoms with Crippen LogP contribution in [0.25, 0.3) is 16.8 Å². The number of hydrogen-bond donors (Lipinski definition) is 2. The maximum absolute atomic E-state index is 14.2. The molecular weight excluding hydrogens is 391 g/mol. The van der Waals surface area contributed by atoms with Crippen molar-refractivity contribution in [2.24, 2.45) is 0 Å². The van der Waals surface area contributed by atoms with E-state index in [0.29, 0.717) is 11.3 Å². The van der Waals surface area contributed by atoms with Crippen LogP contribution >= 0.6 is 0 Å². The van der Waals surface area contributed by atoms with Crippen LogP contribution in [-0.4, -0.2) is 11.8 Å². The summed E-state index contributed by atoms with van der Waals surface area (Å²) in [6.07, 6.45) is 1.33. The largest absolute Gasteiger partial charge is 0.321 e. The van der Waals surface area contributed by atoms with Crippen molar-refractivity contribution in [3.05, 3.63) is 120 Å². The van der Waals surface area contributed by atoms with E-state index in [1.54, 1.807) is 48.5 Å². The molecule has 0 unspecified atom stereocenters. The third-order valence-electron chi connectivity index (χ3n) is 4.74. The molecule has 4 aromatic rings. The van der Waals surface area contributed by atoms with Crippen LogP contribution in [0.4, 0.5) is 10.1 Å². The van der Waals surface area contributed by atoms with Crippen LogP contribution in [0.3, 0.4) is 0 Å². The van der Waals surface area contributed by atoms with E-state index in [4.69, 9.17) is 0 Å². The van der Waals surface area contributed by atoms with Crippen LogP contribution in [0.2, 0.25) is 0 Å². The summed E-state index contributed by atoms with van der Waals surface area (Å²) in [6, 6.07) is 27.9. The molecule has 0 aliphatic rings. The highest BCUT2D eigenvalue weighted by Gasteiger charge is 2.16. The van der Waals surface area contributed by atoms with E-state index in [9.17, 15) is 14.0 Å². The van der Waals surface area contributed by atoms with Gasteiger partial charge >= 0.3 is 0 Å². The zero-order valence-corrected chi connectivity index (χ0v) is 16.5. The van der Waals surface area contributed by atoms with Crippen molar-refractivity contribution in [3.8, 4) is 0 Å². The molecule has 4 aromatic carbocycles. The lowest BCUT2D eigenvalue weighted by molar-refractivity contribution is -0.113. The quantitative estimate of drug-likeness (QED) is 0.434. The number of carbonyl (C=O) groups is 2. The van der Waals surface area contributed by atoms with Crippen molar-refractivity contribution >= 4 is 34.4 Å². The molecule has 0 aliphatic heterocycles. The van der Waals surface area contributed by atoms with E-state index in [1.807, 2.05) is 36.4 Å². The topological polar surface area (TPSA) is 58.2 Å². The van der Waals surface area contributed by atoms with Gasteiger partial charge in [0.2, 0.25) is 0 Å². The van der Waals surface area contributed by atoms with E-state index < -0.39 is 17.6 Å². The van der Waals surface area contributed by atoms with Crippen molar-refractivity contribution in [3.63, 3.8) is 0 Å². The highest BCUT2D eigenvalue weighted by atomic mass is 19.1. The summed E-state index contributed by atoms with van der Waals surface area (Å²) in [5.74, 6) is -1.51. The minimum Gasteiger partial charge on any atom is -0.321 e. The van der Waals surface area contributed by atoms with E-state index in [2.05, 4.69) is 10.6 Å². The molecule has 4 nitrogen and oxygen atoms in total. The number of fused-ring (bicyclic) bond motifs is 1. The average Bonchev–Trinajstić information content (AvgIpc) is 2.80. The predicted octanol–water partition coefficient (Wildman–Crippen LogP) is 5.39. The molecule has 152 valence electrons. The van der Waals surface area contributed by atoms with E-state index in [-0.39, 0.29) is 11.3 Å². The third kappa shape index (κ3) is 4.85. The van der Waals surface area contributed by atoms with Gasteiger partial charge in [0.15, 0.2) is 0 Å². The Bertz CT molecular complexity index is 1280. The average molecular weight is 410 g/mol. The van der Waals surface area contributed by atoms with E-state index in [1.165, 1.54) is 18.2 Å². The highest BCUT2D eigenvalue weighted by Crippen LogP contribution is 2.20. The first kappa shape index (κ1) is 20.0. The molecule has 0 heterocycles. The van der Waals surface area contributed by atoms with E-state index in [0.717, 1.165) is 10.8 Å². The molecule has 2 N–H and O–H groups in total. The number of hydrogen-bond acceptors (Lipinski definition) is 2. The fraction of sp³-hybridized carbons (Fsp3) is 0. The van der Waals surface area contributed by atoms with Gasteiger partial charge in [-0.3, -0.25) is 9.59 Å². The molecule has 0 atom stereocenters. The van der Waals surface area contributed by atoms with Gasteiger partial charge in [-0.25, -0.2) is 4.39 Å². The van der Waals surface area contributed by atoms with Crippen molar-refractivity contribution < 1.29 is 14.0 Å². The maximum Gasteiger partial charge on any atom is 0.272 e. The second-order valence-electron chi connectivity index (χ2n) is 6.92. The number of benzene rings is 4. The van der Waals surface area contributed by atoms with Gasteiger partial charge in [0.05, 0.1) is 0 Å². The minimum absolute atomic E-state index is 0.0629. The molecule has 0 fully saturated rings. The van der Waals surface area contributed by atoms with Gasteiger partial charge < -0.3 is 10.6 Å². The van der Waals surface area contributed by atoms with Gasteiger partial charge in [-0.05, 0) is 47.2 Å². The third-order valence-corrected chi connectivity index (χ3v) is 4.74. The van der Waals surface area contributed by atoms with Crippen LogP contribution in [0.5, 0.6) is 0 Å². The molecule has 31 heavy (non-hydrogen) atoms. The summed E-state index contributed by atoms with van der Waals surface area (Å²) in [5, 5.41) is 7.40. The molecule has 0 spiro atoms. The fourth-order valence-corrected chi connectivity index (χ4v) is 3.16. The Balaban J connectivity index is 1.64. The highest BCUT2D eigenvalue weighted by molar-refractivity contribution is 6.11. The number of nitrogens with one attached hydrogen (secondary N) is 2. The Labute approximate surface area is 179 Å². The number of rotatable bonds is 5. The molecular formula is C26H19FN2O2. The van der Waals surface area contributed by atoms with Gasteiger partial charge in [0.25, 0.3) is 11.8 Å². The van der Waals surface area contributed by atoms with Gasteiger partial charge in [0.1, 0.15) is 11.5 Å². The normalized spacial score (nSPS) is 11.2. The summed E-state index contributed by atoms with van der Waals surface area (Å²) in [4.78, 5) is 25.7. The second-order valence-corrected chi connectivity index (χ2v) is 6.92. The van der Waals surface area contributed by atoms with Gasteiger partial charge in [0, 0.05) is 16.8 Å². The SMILES string of the molecule is O=C(Nc1ccc2ccccc2c1)/C(=C\c1ccccc1F)NC(=O)c1ccccc1. The molecule has 0 bridgehead atoms. The molecule has 2 amide bonds. The first-order chi connectivity index (χ1) is 15.1. The molecule has 5 heteroatoms. The summed E-state index contributed by atoms with van der Waals surface area (Å²) in [7, 11) is 0. The molecule has 0 saturated heterocycles. The number of amides is 2. The van der Waals surface area contributed by atoms with Gasteiger partial charge in [-0.1, -0.05) is 66.7 Å². The lowest BCUT2D eigenvalue weighted by Crippen LogP contribution is -2.30. The Morgan fingerprint density at radius 3 is 2.19 bits per heavy atom. The molecule has 0 aromatic heterocycles.